The Balaban J connectivity index is 1.59. The predicted molar refractivity (Wildman–Crippen MR) is 87.7 cm³/mol. The van der Waals surface area contributed by atoms with Crippen LogP contribution in [0.25, 0.3) is 0 Å². The molecule has 1 heterocycles. The number of likely N-dealkylation sites (tertiary alicyclic amines) is 1. The van der Waals surface area contributed by atoms with Gasteiger partial charge in [0.1, 0.15) is 6.61 Å². The summed E-state index contributed by atoms with van der Waals surface area (Å²) in [5.41, 5.74) is 6.56. The van der Waals surface area contributed by atoms with E-state index in [1.165, 1.54) is 5.56 Å². The normalized spacial score (nSPS) is 17.5. The Bertz CT molecular complexity index is 495. The van der Waals surface area contributed by atoms with Crippen LogP contribution in [0.5, 0.6) is 0 Å². The Morgan fingerprint density at radius 2 is 2.09 bits per heavy atom. The summed E-state index contributed by atoms with van der Waals surface area (Å²) in [4.78, 5) is 24.5. The zero-order valence-corrected chi connectivity index (χ0v) is 13.4. The lowest BCUT2D eigenvalue weighted by molar-refractivity contribution is -0.141. The molecule has 2 N–H and O–H groups in total. The zero-order valence-electron chi connectivity index (χ0n) is 12.6. The first-order valence-corrected chi connectivity index (χ1v) is 8.65. The number of carbonyl (C=O) groups is 2. The number of primary amides is 1. The first-order chi connectivity index (χ1) is 10.7. The van der Waals surface area contributed by atoms with Crippen molar-refractivity contribution in [2.45, 2.75) is 25.3 Å². The molecule has 0 aliphatic carbocycles. The van der Waals surface area contributed by atoms with Gasteiger partial charge < -0.3 is 15.4 Å². The van der Waals surface area contributed by atoms with Crippen LogP contribution in [-0.2, 0) is 16.0 Å². The summed E-state index contributed by atoms with van der Waals surface area (Å²) in [5, 5.41) is 0. The largest absolute Gasteiger partial charge is 0.463 e. The van der Waals surface area contributed by atoms with Gasteiger partial charge in [-0.2, -0.15) is 0 Å². The SMILES string of the molecule is NC(=O)N1CCC[C@H]1COC(=O)CSCCc1ccccc1. The third-order valence-corrected chi connectivity index (χ3v) is 4.63. The number of ether oxygens (including phenoxy) is 1. The molecule has 0 unspecified atom stereocenters. The number of hydrogen-bond donors (Lipinski definition) is 1. The second-order valence-electron chi connectivity index (χ2n) is 5.30. The summed E-state index contributed by atoms with van der Waals surface area (Å²) in [6.07, 6.45) is 2.70. The van der Waals surface area contributed by atoms with Gasteiger partial charge in [0.15, 0.2) is 0 Å². The van der Waals surface area contributed by atoms with E-state index in [1.807, 2.05) is 18.2 Å². The molecule has 2 rings (SSSR count). The molecule has 1 atom stereocenters. The topological polar surface area (TPSA) is 72.6 Å². The third kappa shape index (κ3) is 5.26. The highest BCUT2D eigenvalue weighted by Crippen LogP contribution is 2.17. The number of rotatable bonds is 7. The van der Waals surface area contributed by atoms with Crippen molar-refractivity contribution >= 4 is 23.8 Å². The standard InChI is InChI=1S/C16H22N2O3S/c17-16(20)18-9-4-7-14(18)11-21-15(19)12-22-10-8-13-5-2-1-3-6-13/h1-3,5-6,14H,4,7-12H2,(H2,17,20)/t14-/m0/s1. The van der Waals surface area contributed by atoms with Gasteiger partial charge in [0, 0.05) is 6.54 Å². The smallest absolute Gasteiger partial charge is 0.315 e. The van der Waals surface area contributed by atoms with E-state index in [1.54, 1.807) is 16.7 Å². The molecule has 0 aromatic heterocycles. The van der Waals surface area contributed by atoms with Crippen LogP contribution in [0.15, 0.2) is 30.3 Å². The molecular weight excluding hydrogens is 300 g/mol. The molecule has 1 saturated heterocycles. The second kappa shape index (κ2) is 8.68. The van der Waals surface area contributed by atoms with Crippen LogP contribution in [0, 0.1) is 0 Å². The molecule has 5 nitrogen and oxygen atoms in total. The van der Waals surface area contributed by atoms with Crippen LogP contribution < -0.4 is 5.73 Å². The van der Waals surface area contributed by atoms with Crippen molar-refractivity contribution in [1.29, 1.82) is 0 Å². The maximum absolute atomic E-state index is 11.7. The van der Waals surface area contributed by atoms with E-state index in [2.05, 4.69) is 12.1 Å². The zero-order chi connectivity index (χ0) is 15.8. The molecule has 0 radical (unpaired) electrons. The molecule has 6 heteroatoms. The maximum atomic E-state index is 11.7. The molecule has 22 heavy (non-hydrogen) atoms. The Kier molecular flexibility index (Phi) is 6.58. The van der Waals surface area contributed by atoms with Crippen LogP contribution in [-0.4, -0.2) is 47.6 Å². The minimum absolute atomic E-state index is 0.0595. The number of aryl methyl sites for hydroxylation is 1. The summed E-state index contributed by atoms with van der Waals surface area (Å²) < 4.78 is 5.25. The van der Waals surface area contributed by atoms with E-state index in [9.17, 15) is 9.59 Å². The molecule has 1 aromatic carbocycles. The fourth-order valence-corrected chi connectivity index (χ4v) is 3.29. The van der Waals surface area contributed by atoms with Crippen molar-refractivity contribution in [3.8, 4) is 0 Å². The van der Waals surface area contributed by atoms with Crippen LogP contribution in [0.3, 0.4) is 0 Å². The lowest BCUT2D eigenvalue weighted by atomic mass is 10.2. The molecule has 1 aliphatic heterocycles. The van der Waals surface area contributed by atoms with E-state index in [0.29, 0.717) is 12.3 Å². The number of benzene rings is 1. The van der Waals surface area contributed by atoms with Crippen molar-refractivity contribution in [3.05, 3.63) is 35.9 Å². The van der Waals surface area contributed by atoms with Gasteiger partial charge in [0.2, 0.25) is 0 Å². The van der Waals surface area contributed by atoms with Crippen molar-refractivity contribution in [1.82, 2.24) is 4.90 Å². The van der Waals surface area contributed by atoms with Crippen LogP contribution in [0.2, 0.25) is 0 Å². The van der Waals surface area contributed by atoms with E-state index in [0.717, 1.165) is 25.0 Å². The number of esters is 1. The number of hydrogen-bond acceptors (Lipinski definition) is 4. The third-order valence-electron chi connectivity index (χ3n) is 3.69. The number of urea groups is 1. The van der Waals surface area contributed by atoms with E-state index in [-0.39, 0.29) is 18.6 Å². The van der Waals surface area contributed by atoms with Gasteiger partial charge >= 0.3 is 12.0 Å². The summed E-state index contributed by atoms with van der Waals surface area (Å²) in [5.74, 6) is 1.00. The van der Waals surface area contributed by atoms with Gasteiger partial charge in [-0.3, -0.25) is 4.79 Å². The Hall–Kier alpha value is -1.69. The highest BCUT2D eigenvalue weighted by atomic mass is 32.2. The number of amides is 2. The Morgan fingerprint density at radius 1 is 1.32 bits per heavy atom. The van der Waals surface area contributed by atoms with Gasteiger partial charge in [0.25, 0.3) is 0 Å². The molecule has 1 aromatic rings. The highest BCUT2D eigenvalue weighted by molar-refractivity contribution is 7.99. The molecule has 0 spiro atoms. The molecular formula is C16H22N2O3S. The summed E-state index contributed by atoms with van der Waals surface area (Å²) in [6, 6.07) is 9.69. The fourth-order valence-electron chi connectivity index (χ4n) is 2.52. The van der Waals surface area contributed by atoms with Crippen LogP contribution >= 0.6 is 11.8 Å². The maximum Gasteiger partial charge on any atom is 0.315 e. The Labute approximate surface area is 135 Å². The summed E-state index contributed by atoms with van der Waals surface area (Å²) >= 11 is 1.57. The lowest BCUT2D eigenvalue weighted by Gasteiger charge is -2.22. The van der Waals surface area contributed by atoms with Crippen LogP contribution in [0.4, 0.5) is 4.79 Å². The second-order valence-corrected chi connectivity index (χ2v) is 6.40. The number of nitrogens with zero attached hydrogens (tertiary/aromatic N) is 1. The van der Waals surface area contributed by atoms with Crippen molar-refractivity contribution < 1.29 is 14.3 Å². The predicted octanol–water partition coefficient (Wildman–Crippen LogP) is 2.05. The van der Waals surface area contributed by atoms with E-state index in [4.69, 9.17) is 10.5 Å². The molecule has 0 saturated carbocycles. The molecule has 0 bridgehead atoms. The summed E-state index contributed by atoms with van der Waals surface area (Å²) in [7, 11) is 0. The quantitative estimate of drug-likeness (QED) is 0.616. The van der Waals surface area contributed by atoms with Gasteiger partial charge in [0.05, 0.1) is 11.8 Å². The van der Waals surface area contributed by atoms with Gasteiger partial charge in [-0.1, -0.05) is 30.3 Å². The lowest BCUT2D eigenvalue weighted by Crippen LogP contribution is -2.42. The average molecular weight is 322 g/mol. The summed E-state index contributed by atoms with van der Waals surface area (Å²) in [6.45, 7) is 0.907. The molecule has 1 fully saturated rings. The first kappa shape index (κ1) is 16.7. The van der Waals surface area contributed by atoms with Gasteiger partial charge in [-0.25, -0.2) is 4.79 Å². The number of nitrogens with two attached hydrogens (primary N) is 1. The minimum Gasteiger partial charge on any atom is -0.463 e. The van der Waals surface area contributed by atoms with Crippen molar-refractivity contribution in [3.63, 3.8) is 0 Å². The number of carbonyl (C=O) groups excluding carboxylic acids is 2. The average Bonchev–Trinajstić information content (AvgIpc) is 2.99. The van der Waals surface area contributed by atoms with E-state index >= 15 is 0 Å². The first-order valence-electron chi connectivity index (χ1n) is 7.50. The fraction of sp³-hybridized carbons (Fsp3) is 0.500. The highest BCUT2D eigenvalue weighted by Gasteiger charge is 2.28. The molecule has 120 valence electrons. The van der Waals surface area contributed by atoms with Crippen molar-refractivity contribution in [2.75, 3.05) is 24.7 Å². The van der Waals surface area contributed by atoms with Gasteiger partial charge in [-0.15, -0.1) is 11.8 Å². The number of thioether (sulfide) groups is 1. The van der Waals surface area contributed by atoms with Crippen molar-refractivity contribution in [2.24, 2.45) is 5.73 Å². The minimum atomic E-state index is -0.434. The molecule has 2 amide bonds. The van der Waals surface area contributed by atoms with Crippen LogP contribution in [0.1, 0.15) is 18.4 Å². The Morgan fingerprint density at radius 3 is 2.82 bits per heavy atom. The monoisotopic (exact) mass is 322 g/mol. The molecule has 1 aliphatic rings. The van der Waals surface area contributed by atoms with E-state index < -0.39 is 6.03 Å². The van der Waals surface area contributed by atoms with Gasteiger partial charge in [-0.05, 0) is 30.6 Å².